The van der Waals surface area contributed by atoms with Crippen molar-refractivity contribution in [2.24, 2.45) is 5.73 Å². The fourth-order valence-corrected chi connectivity index (χ4v) is 1.47. The zero-order chi connectivity index (χ0) is 13.6. The van der Waals surface area contributed by atoms with Gasteiger partial charge in [-0.15, -0.1) is 0 Å². The van der Waals surface area contributed by atoms with Gasteiger partial charge in [-0.05, 0) is 34.1 Å². The van der Waals surface area contributed by atoms with Gasteiger partial charge in [-0.3, -0.25) is 9.59 Å². The summed E-state index contributed by atoms with van der Waals surface area (Å²) in [6.07, 6.45) is 1.42. The summed E-state index contributed by atoms with van der Waals surface area (Å²) in [5.41, 5.74) is 4.96. The van der Waals surface area contributed by atoms with Crippen LogP contribution in [0.25, 0.3) is 0 Å². The van der Waals surface area contributed by atoms with Crippen LogP contribution in [0.2, 0.25) is 0 Å². The van der Waals surface area contributed by atoms with E-state index in [-0.39, 0.29) is 17.9 Å². The van der Waals surface area contributed by atoms with E-state index in [1.807, 2.05) is 20.8 Å². The lowest BCUT2D eigenvalue weighted by Crippen LogP contribution is -2.56. The lowest BCUT2D eigenvalue weighted by Gasteiger charge is -2.25. The van der Waals surface area contributed by atoms with Gasteiger partial charge in [0.25, 0.3) is 0 Å². The van der Waals surface area contributed by atoms with Crippen molar-refractivity contribution in [2.45, 2.75) is 65.1 Å². The summed E-state index contributed by atoms with van der Waals surface area (Å²) in [6.45, 7) is 9.04. The van der Waals surface area contributed by atoms with Crippen molar-refractivity contribution in [1.29, 1.82) is 0 Å². The van der Waals surface area contributed by atoms with Crippen molar-refractivity contribution in [3.05, 3.63) is 0 Å². The van der Waals surface area contributed by atoms with Crippen molar-refractivity contribution >= 4 is 11.8 Å². The molecule has 4 N–H and O–H groups in total. The van der Waals surface area contributed by atoms with Crippen LogP contribution in [-0.2, 0) is 9.59 Å². The van der Waals surface area contributed by atoms with Crippen molar-refractivity contribution in [1.82, 2.24) is 10.6 Å². The lowest BCUT2D eigenvalue weighted by atomic mass is 9.96. The molecule has 0 spiro atoms. The third-order valence-electron chi connectivity index (χ3n) is 2.46. The fourth-order valence-electron chi connectivity index (χ4n) is 1.47. The standard InChI is InChI=1S/C12H25N3O2/c1-6-7-12(5,13)11(17)15-9(4)10(16)14-8(2)3/h8-9H,6-7,13H2,1-5H3,(H,14,16)(H,15,17). The number of rotatable bonds is 6. The third kappa shape index (κ3) is 5.68. The largest absolute Gasteiger partial charge is 0.352 e. The Hall–Kier alpha value is -1.10. The van der Waals surface area contributed by atoms with Crippen molar-refractivity contribution in [2.75, 3.05) is 0 Å². The second-order valence-electron chi connectivity index (χ2n) is 5.03. The highest BCUT2D eigenvalue weighted by Gasteiger charge is 2.29. The molecule has 0 aliphatic rings. The number of nitrogens with one attached hydrogen (secondary N) is 2. The minimum Gasteiger partial charge on any atom is -0.352 e. The van der Waals surface area contributed by atoms with Gasteiger partial charge in [-0.25, -0.2) is 0 Å². The molecule has 5 nitrogen and oxygen atoms in total. The SMILES string of the molecule is CCCC(C)(N)C(=O)NC(C)C(=O)NC(C)C. The van der Waals surface area contributed by atoms with Crippen LogP contribution in [0.5, 0.6) is 0 Å². The van der Waals surface area contributed by atoms with Gasteiger partial charge in [0.2, 0.25) is 11.8 Å². The smallest absolute Gasteiger partial charge is 0.242 e. The molecule has 0 heterocycles. The Labute approximate surface area is 104 Å². The zero-order valence-electron chi connectivity index (χ0n) is 11.5. The molecule has 2 atom stereocenters. The summed E-state index contributed by atoms with van der Waals surface area (Å²) >= 11 is 0. The van der Waals surface area contributed by atoms with Gasteiger partial charge in [-0.2, -0.15) is 0 Å². The van der Waals surface area contributed by atoms with Crippen molar-refractivity contribution in [3.8, 4) is 0 Å². The Bertz CT molecular complexity index is 275. The lowest BCUT2D eigenvalue weighted by molar-refractivity contribution is -0.131. The molecule has 0 aromatic heterocycles. The molecule has 0 aliphatic heterocycles. The van der Waals surface area contributed by atoms with Crippen molar-refractivity contribution < 1.29 is 9.59 Å². The quantitative estimate of drug-likeness (QED) is 0.636. The minimum atomic E-state index is -0.916. The monoisotopic (exact) mass is 243 g/mol. The van der Waals surface area contributed by atoms with Gasteiger partial charge in [0, 0.05) is 6.04 Å². The first-order valence-corrected chi connectivity index (χ1v) is 6.11. The second-order valence-corrected chi connectivity index (χ2v) is 5.03. The number of carbonyl (C=O) groups excluding carboxylic acids is 2. The molecule has 0 bridgehead atoms. The van der Waals surface area contributed by atoms with E-state index < -0.39 is 11.6 Å². The average molecular weight is 243 g/mol. The normalized spacial score (nSPS) is 16.2. The van der Waals surface area contributed by atoms with E-state index in [1.54, 1.807) is 13.8 Å². The summed E-state index contributed by atoms with van der Waals surface area (Å²) in [5.74, 6) is -0.480. The highest BCUT2D eigenvalue weighted by atomic mass is 16.2. The third-order valence-corrected chi connectivity index (χ3v) is 2.46. The van der Waals surface area contributed by atoms with Crippen LogP contribution in [0.15, 0.2) is 0 Å². The van der Waals surface area contributed by atoms with Crippen LogP contribution < -0.4 is 16.4 Å². The maximum Gasteiger partial charge on any atom is 0.242 e. The van der Waals surface area contributed by atoms with E-state index in [0.717, 1.165) is 6.42 Å². The van der Waals surface area contributed by atoms with Crippen LogP contribution in [0, 0.1) is 0 Å². The molecule has 0 fully saturated rings. The maximum absolute atomic E-state index is 11.8. The molecule has 0 aliphatic carbocycles. The number of amides is 2. The van der Waals surface area contributed by atoms with Gasteiger partial charge >= 0.3 is 0 Å². The Morgan fingerprint density at radius 1 is 1.24 bits per heavy atom. The molecule has 17 heavy (non-hydrogen) atoms. The topological polar surface area (TPSA) is 84.2 Å². The summed E-state index contributed by atoms with van der Waals surface area (Å²) in [7, 11) is 0. The van der Waals surface area contributed by atoms with Crippen molar-refractivity contribution in [3.63, 3.8) is 0 Å². The van der Waals surface area contributed by atoms with Gasteiger partial charge in [0.05, 0.1) is 5.54 Å². The molecular formula is C12H25N3O2. The Balaban J connectivity index is 4.33. The second kappa shape index (κ2) is 6.59. The van der Waals surface area contributed by atoms with Crippen LogP contribution >= 0.6 is 0 Å². The van der Waals surface area contributed by atoms with Gasteiger partial charge in [0.15, 0.2) is 0 Å². The van der Waals surface area contributed by atoms with E-state index in [1.165, 1.54) is 0 Å². The molecule has 0 aromatic rings. The first-order valence-electron chi connectivity index (χ1n) is 6.11. The molecule has 0 aromatic carbocycles. The molecule has 0 saturated heterocycles. The molecule has 2 amide bonds. The van der Waals surface area contributed by atoms with Gasteiger partial charge < -0.3 is 16.4 Å². The van der Waals surface area contributed by atoms with Crippen LogP contribution in [0.3, 0.4) is 0 Å². The van der Waals surface area contributed by atoms with E-state index >= 15 is 0 Å². The van der Waals surface area contributed by atoms with Gasteiger partial charge in [0.1, 0.15) is 6.04 Å². The first kappa shape index (κ1) is 15.9. The maximum atomic E-state index is 11.8. The highest BCUT2D eigenvalue weighted by molar-refractivity contribution is 5.91. The molecule has 2 unspecified atom stereocenters. The Kier molecular flexibility index (Phi) is 6.16. The number of hydrogen-bond acceptors (Lipinski definition) is 3. The summed E-state index contributed by atoms with van der Waals surface area (Å²) in [4.78, 5) is 23.4. The fraction of sp³-hybridized carbons (Fsp3) is 0.833. The number of nitrogens with two attached hydrogens (primary N) is 1. The highest BCUT2D eigenvalue weighted by Crippen LogP contribution is 2.08. The zero-order valence-corrected chi connectivity index (χ0v) is 11.5. The van der Waals surface area contributed by atoms with E-state index in [0.29, 0.717) is 6.42 Å². The predicted molar refractivity (Wildman–Crippen MR) is 68.4 cm³/mol. The van der Waals surface area contributed by atoms with Crippen LogP contribution in [0.1, 0.15) is 47.5 Å². The molecule has 0 saturated carbocycles. The molecular weight excluding hydrogens is 218 g/mol. The van der Waals surface area contributed by atoms with Crippen LogP contribution in [0.4, 0.5) is 0 Å². The van der Waals surface area contributed by atoms with Crippen LogP contribution in [-0.4, -0.2) is 29.4 Å². The van der Waals surface area contributed by atoms with Gasteiger partial charge in [-0.1, -0.05) is 13.3 Å². The number of carbonyl (C=O) groups is 2. The predicted octanol–water partition coefficient (Wildman–Crippen LogP) is 0.533. The Morgan fingerprint density at radius 3 is 2.18 bits per heavy atom. The average Bonchev–Trinajstić information content (AvgIpc) is 2.16. The molecule has 0 rings (SSSR count). The molecule has 5 heteroatoms. The molecule has 100 valence electrons. The minimum absolute atomic E-state index is 0.0572. The number of hydrogen-bond donors (Lipinski definition) is 3. The van der Waals surface area contributed by atoms with E-state index in [2.05, 4.69) is 10.6 Å². The van der Waals surface area contributed by atoms with E-state index in [9.17, 15) is 9.59 Å². The first-order chi connectivity index (χ1) is 7.70. The summed E-state index contributed by atoms with van der Waals surface area (Å²) < 4.78 is 0. The Morgan fingerprint density at radius 2 is 1.76 bits per heavy atom. The molecule has 0 radical (unpaired) electrons. The summed E-state index contributed by atoms with van der Waals surface area (Å²) in [6, 6.07) is -0.508. The summed E-state index contributed by atoms with van der Waals surface area (Å²) in [5, 5.41) is 5.37. The van der Waals surface area contributed by atoms with E-state index in [4.69, 9.17) is 5.73 Å².